The quantitative estimate of drug-likeness (QED) is 0.426. The Bertz CT molecular complexity index is 875. The van der Waals surface area contributed by atoms with E-state index >= 15 is 0 Å². The first-order valence-electron chi connectivity index (χ1n) is 7.71. The second-order valence-electron chi connectivity index (χ2n) is 6.46. The standard InChI is InChI=1S/C18H19ClN4O3/c1-18(2,3)26-17(25)23-14-7-10(19)9-22-15(14)16(24)11-5-4-6-13(21)12(11)8-20/h4-9,20H,21H2,1-3H3,(H,23,25). The van der Waals surface area contributed by atoms with Crippen LogP contribution in [0.4, 0.5) is 16.2 Å². The van der Waals surface area contributed by atoms with Gasteiger partial charge >= 0.3 is 6.09 Å². The number of benzene rings is 1. The SMILES string of the molecule is CC(C)(C)OC(=O)Nc1cc(Cl)cnc1C(=O)c1cccc(N)c1C=N. The van der Waals surface area contributed by atoms with Gasteiger partial charge in [-0.05, 0) is 32.9 Å². The summed E-state index contributed by atoms with van der Waals surface area (Å²) >= 11 is 5.95. The van der Waals surface area contributed by atoms with Crippen LogP contribution < -0.4 is 11.1 Å². The molecule has 2 aromatic rings. The van der Waals surface area contributed by atoms with E-state index in [9.17, 15) is 9.59 Å². The van der Waals surface area contributed by atoms with Crippen LogP contribution in [-0.2, 0) is 4.74 Å². The van der Waals surface area contributed by atoms with E-state index in [0.717, 1.165) is 6.21 Å². The monoisotopic (exact) mass is 374 g/mol. The van der Waals surface area contributed by atoms with Gasteiger partial charge in [0.05, 0.1) is 10.7 Å². The van der Waals surface area contributed by atoms with Crippen LogP contribution >= 0.6 is 11.6 Å². The predicted molar refractivity (Wildman–Crippen MR) is 101 cm³/mol. The van der Waals surface area contributed by atoms with Crippen molar-refractivity contribution in [3.05, 3.63) is 52.3 Å². The fourth-order valence-corrected chi connectivity index (χ4v) is 2.36. The number of halogens is 1. The number of carbonyl (C=O) groups is 2. The Kier molecular flexibility index (Phi) is 5.62. The van der Waals surface area contributed by atoms with Crippen LogP contribution in [0.15, 0.2) is 30.5 Å². The average Bonchev–Trinajstić information content (AvgIpc) is 2.52. The third-order valence-corrected chi connectivity index (χ3v) is 3.44. The van der Waals surface area contributed by atoms with Crippen molar-refractivity contribution >= 4 is 41.1 Å². The largest absolute Gasteiger partial charge is 0.444 e. The number of nitrogens with zero attached hydrogens (tertiary/aromatic N) is 1. The van der Waals surface area contributed by atoms with Gasteiger partial charge in [-0.1, -0.05) is 23.7 Å². The number of nitrogen functional groups attached to an aromatic ring is 1. The van der Waals surface area contributed by atoms with Crippen molar-refractivity contribution in [2.45, 2.75) is 26.4 Å². The lowest BCUT2D eigenvalue weighted by Crippen LogP contribution is -2.28. The van der Waals surface area contributed by atoms with Gasteiger partial charge in [0.25, 0.3) is 0 Å². The molecule has 0 fully saturated rings. The summed E-state index contributed by atoms with van der Waals surface area (Å²) in [7, 11) is 0. The Hall–Kier alpha value is -2.93. The molecular weight excluding hydrogens is 356 g/mol. The molecule has 26 heavy (non-hydrogen) atoms. The topological polar surface area (TPSA) is 118 Å². The van der Waals surface area contributed by atoms with Gasteiger partial charge in [-0.25, -0.2) is 9.78 Å². The highest BCUT2D eigenvalue weighted by molar-refractivity contribution is 6.31. The molecule has 1 aromatic carbocycles. The van der Waals surface area contributed by atoms with Crippen LogP contribution in [0, 0.1) is 5.41 Å². The molecule has 0 bridgehead atoms. The first kappa shape index (κ1) is 19.4. The molecule has 0 saturated heterocycles. The lowest BCUT2D eigenvalue weighted by molar-refractivity contribution is 0.0636. The van der Waals surface area contributed by atoms with E-state index in [-0.39, 0.29) is 27.5 Å². The maximum absolute atomic E-state index is 12.9. The van der Waals surface area contributed by atoms with Gasteiger partial charge in [0.2, 0.25) is 5.78 Å². The van der Waals surface area contributed by atoms with Gasteiger partial charge in [0, 0.05) is 29.2 Å². The molecule has 1 heterocycles. The number of pyridine rings is 1. The number of anilines is 2. The highest BCUT2D eigenvalue weighted by atomic mass is 35.5. The lowest BCUT2D eigenvalue weighted by atomic mass is 9.99. The van der Waals surface area contributed by atoms with Crippen LogP contribution in [0.1, 0.15) is 42.4 Å². The van der Waals surface area contributed by atoms with Crippen molar-refractivity contribution in [3.63, 3.8) is 0 Å². The van der Waals surface area contributed by atoms with Crippen LogP contribution in [0.5, 0.6) is 0 Å². The molecular formula is C18H19ClN4O3. The van der Waals surface area contributed by atoms with E-state index < -0.39 is 17.5 Å². The maximum atomic E-state index is 12.9. The van der Waals surface area contributed by atoms with Crippen molar-refractivity contribution in [2.75, 3.05) is 11.1 Å². The minimum absolute atomic E-state index is 0.0334. The zero-order valence-electron chi connectivity index (χ0n) is 14.6. The molecule has 4 N–H and O–H groups in total. The van der Waals surface area contributed by atoms with Crippen LogP contribution in [0.2, 0.25) is 5.02 Å². The van der Waals surface area contributed by atoms with Gasteiger partial charge < -0.3 is 15.9 Å². The van der Waals surface area contributed by atoms with Crippen LogP contribution in [0.25, 0.3) is 0 Å². The summed E-state index contributed by atoms with van der Waals surface area (Å²) in [6, 6.07) is 6.13. The molecule has 8 heteroatoms. The molecule has 0 aliphatic rings. The highest BCUT2D eigenvalue weighted by Crippen LogP contribution is 2.25. The van der Waals surface area contributed by atoms with Gasteiger partial charge in [-0.2, -0.15) is 0 Å². The molecule has 1 amide bonds. The number of ketones is 1. The molecule has 0 spiro atoms. The number of rotatable bonds is 4. The number of amides is 1. The lowest BCUT2D eigenvalue weighted by Gasteiger charge is -2.20. The summed E-state index contributed by atoms with van der Waals surface area (Å²) in [5, 5.41) is 10.2. The van der Waals surface area contributed by atoms with E-state index in [1.807, 2.05) is 0 Å². The maximum Gasteiger partial charge on any atom is 0.412 e. The van der Waals surface area contributed by atoms with Gasteiger partial charge in [0.1, 0.15) is 11.3 Å². The summed E-state index contributed by atoms with van der Waals surface area (Å²) in [4.78, 5) is 29.0. The van der Waals surface area contributed by atoms with E-state index in [1.165, 1.54) is 18.3 Å². The number of nitrogens with one attached hydrogen (secondary N) is 2. The predicted octanol–water partition coefficient (Wildman–Crippen LogP) is 3.89. The van der Waals surface area contributed by atoms with Crippen molar-refractivity contribution in [1.29, 1.82) is 5.41 Å². The fraction of sp³-hybridized carbons (Fsp3) is 0.222. The summed E-state index contributed by atoms with van der Waals surface area (Å²) in [5.74, 6) is -0.501. The Morgan fingerprint density at radius 3 is 2.65 bits per heavy atom. The molecule has 0 radical (unpaired) electrons. The van der Waals surface area contributed by atoms with E-state index in [1.54, 1.807) is 32.9 Å². The molecule has 2 rings (SSSR count). The summed E-state index contributed by atoms with van der Waals surface area (Å²) in [6.07, 6.45) is 1.56. The van der Waals surface area contributed by atoms with E-state index in [2.05, 4.69) is 10.3 Å². The summed E-state index contributed by atoms with van der Waals surface area (Å²) in [5.41, 5.74) is 5.96. The molecule has 0 atom stereocenters. The molecule has 0 aliphatic heterocycles. The molecule has 0 unspecified atom stereocenters. The van der Waals surface area contributed by atoms with E-state index in [0.29, 0.717) is 5.69 Å². The Labute approximate surface area is 156 Å². The zero-order chi connectivity index (χ0) is 19.5. The smallest absolute Gasteiger partial charge is 0.412 e. The normalized spacial score (nSPS) is 10.9. The molecule has 136 valence electrons. The van der Waals surface area contributed by atoms with Gasteiger partial charge in [0.15, 0.2) is 0 Å². The Morgan fingerprint density at radius 2 is 2.04 bits per heavy atom. The third kappa shape index (κ3) is 4.58. The van der Waals surface area contributed by atoms with Gasteiger partial charge in [-0.3, -0.25) is 10.1 Å². The number of aromatic nitrogens is 1. The second kappa shape index (κ2) is 7.53. The number of hydrogen-bond acceptors (Lipinski definition) is 6. The first-order chi connectivity index (χ1) is 12.1. The second-order valence-corrected chi connectivity index (χ2v) is 6.89. The van der Waals surface area contributed by atoms with Crippen molar-refractivity contribution in [3.8, 4) is 0 Å². The number of carbonyl (C=O) groups excluding carboxylic acids is 2. The van der Waals surface area contributed by atoms with Crippen LogP contribution in [-0.4, -0.2) is 28.7 Å². The Balaban J connectivity index is 2.44. The van der Waals surface area contributed by atoms with Crippen molar-refractivity contribution in [1.82, 2.24) is 4.98 Å². The molecule has 7 nitrogen and oxygen atoms in total. The van der Waals surface area contributed by atoms with Gasteiger partial charge in [-0.15, -0.1) is 0 Å². The third-order valence-electron chi connectivity index (χ3n) is 3.23. The fourth-order valence-electron chi connectivity index (χ4n) is 2.20. The summed E-state index contributed by atoms with van der Waals surface area (Å²) in [6.45, 7) is 5.16. The van der Waals surface area contributed by atoms with Crippen LogP contribution in [0.3, 0.4) is 0 Å². The zero-order valence-corrected chi connectivity index (χ0v) is 15.3. The summed E-state index contributed by atoms with van der Waals surface area (Å²) < 4.78 is 5.20. The first-order valence-corrected chi connectivity index (χ1v) is 8.09. The van der Waals surface area contributed by atoms with E-state index in [4.69, 9.17) is 27.5 Å². The highest BCUT2D eigenvalue weighted by Gasteiger charge is 2.22. The van der Waals surface area contributed by atoms with Crippen molar-refractivity contribution < 1.29 is 14.3 Å². The Morgan fingerprint density at radius 1 is 1.35 bits per heavy atom. The molecule has 0 saturated carbocycles. The average molecular weight is 375 g/mol. The molecule has 0 aliphatic carbocycles. The number of hydrogen-bond donors (Lipinski definition) is 3. The molecule has 1 aromatic heterocycles. The minimum atomic E-state index is -0.740. The number of ether oxygens (including phenoxy) is 1. The minimum Gasteiger partial charge on any atom is -0.444 e. The number of nitrogens with two attached hydrogens (primary N) is 1. The van der Waals surface area contributed by atoms with Crippen molar-refractivity contribution in [2.24, 2.45) is 0 Å².